The maximum Gasteiger partial charge on any atom is 0.115 e. The fourth-order valence-electron chi connectivity index (χ4n) is 2.54. The van der Waals surface area contributed by atoms with Crippen LogP contribution >= 0.6 is 0 Å². The number of hydrogen-bond acceptors (Lipinski definition) is 2. The van der Waals surface area contributed by atoms with Crippen LogP contribution in [0.1, 0.15) is 22.7 Å². The van der Waals surface area contributed by atoms with Crippen LogP contribution in [0.3, 0.4) is 0 Å². The van der Waals surface area contributed by atoms with Gasteiger partial charge in [0.2, 0.25) is 0 Å². The second kappa shape index (κ2) is 6.72. The molecule has 112 valence electrons. The van der Waals surface area contributed by atoms with Crippen molar-refractivity contribution in [3.63, 3.8) is 0 Å². The van der Waals surface area contributed by atoms with Gasteiger partial charge < -0.3 is 10.4 Å². The number of benzene rings is 3. The first-order valence-electron chi connectivity index (χ1n) is 7.43. The molecule has 0 fully saturated rings. The van der Waals surface area contributed by atoms with Gasteiger partial charge in [-0.2, -0.15) is 0 Å². The van der Waals surface area contributed by atoms with Crippen molar-refractivity contribution in [3.05, 3.63) is 95.6 Å². The van der Waals surface area contributed by atoms with Crippen LogP contribution in [0, 0.1) is 12.3 Å². The first-order chi connectivity index (χ1) is 11.3. The quantitative estimate of drug-likeness (QED) is 0.691. The van der Waals surface area contributed by atoms with Crippen molar-refractivity contribution in [2.45, 2.75) is 6.04 Å². The number of terminal acetylenes is 1. The van der Waals surface area contributed by atoms with Gasteiger partial charge in [-0.1, -0.05) is 54.5 Å². The Balaban J connectivity index is 1.98. The number of nitrogens with one attached hydrogen (secondary N) is 1. The summed E-state index contributed by atoms with van der Waals surface area (Å²) in [5, 5.41) is 13.1. The van der Waals surface area contributed by atoms with Gasteiger partial charge in [0.25, 0.3) is 0 Å². The lowest BCUT2D eigenvalue weighted by Gasteiger charge is -2.21. The summed E-state index contributed by atoms with van der Waals surface area (Å²) in [4.78, 5) is 0. The molecule has 3 aromatic carbocycles. The standard InChI is InChI=1S/C21H17NO/c1-2-16-7-6-10-19(15-16)22-21(17-8-4-3-5-9-17)18-11-13-20(23)14-12-18/h1,3-15,21-23H. The van der Waals surface area contributed by atoms with Gasteiger partial charge in [0.05, 0.1) is 6.04 Å². The molecule has 1 atom stereocenters. The van der Waals surface area contributed by atoms with Crippen molar-refractivity contribution < 1.29 is 5.11 Å². The summed E-state index contributed by atoms with van der Waals surface area (Å²) in [6.45, 7) is 0. The lowest BCUT2D eigenvalue weighted by molar-refractivity contribution is 0.475. The Hall–Kier alpha value is -3.18. The molecule has 0 amide bonds. The van der Waals surface area contributed by atoms with E-state index in [4.69, 9.17) is 6.42 Å². The summed E-state index contributed by atoms with van der Waals surface area (Å²) in [6, 6.07) is 25.2. The third kappa shape index (κ3) is 3.53. The Bertz CT molecular complexity index is 816. The molecule has 2 nitrogen and oxygen atoms in total. The molecule has 0 aliphatic heterocycles. The Kier molecular flexibility index (Phi) is 4.31. The number of phenolic OH excluding ortho intramolecular Hbond substituents is 1. The minimum Gasteiger partial charge on any atom is -0.508 e. The van der Waals surface area contributed by atoms with Gasteiger partial charge in [-0.15, -0.1) is 6.42 Å². The third-order valence-electron chi connectivity index (χ3n) is 3.70. The zero-order chi connectivity index (χ0) is 16.1. The van der Waals surface area contributed by atoms with Crippen LogP contribution < -0.4 is 5.32 Å². The fourth-order valence-corrected chi connectivity index (χ4v) is 2.54. The van der Waals surface area contributed by atoms with Gasteiger partial charge in [0, 0.05) is 11.3 Å². The van der Waals surface area contributed by atoms with Crippen molar-refractivity contribution >= 4 is 5.69 Å². The molecule has 0 heterocycles. The van der Waals surface area contributed by atoms with Crippen LogP contribution in [0.25, 0.3) is 0 Å². The van der Waals surface area contributed by atoms with Crippen LogP contribution in [0.5, 0.6) is 5.75 Å². The van der Waals surface area contributed by atoms with Gasteiger partial charge in [-0.25, -0.2) is 0 Å². The van der Waals surface area contributed by atoms with E-state index in [9.17, 15) is 5.11 Å². The summed E-state index contributed by atoms with van der Waals surface area (Å²) in [5.41, 5.74) is 4.01. The number of aromatic hydroxyl groups is 1. The largest absolute Gasteiger partial charge is 0.508 e. The summed E-state index contributed by atoms with van der Waals surface area (Å²) < 4.78 is 0. The smallest absolute Gasteiger partial charge is 0.115 e. The topological polar surface area (TPSA) is 32.3 Å². The molecule has 0 saturated carbocycles. The lowest BCUT2D eigenvalue weighted by atomic mass is 9.98. The monoisotopic (exact) mass is 299 g/mol. The number of rotatable bonds is 4. The van der Waals surface area contributed by atoms with E-state index in [0.717, 1.165) is 22.4 Å². The highest BCUT2D eigenvalue weighted by Gasteiger charge is 2.14. The van der Waals surface area contributed by atoms with Gasteiger partial charge in [-0.05, 0) is 41.5 Å². The van der Waals surface area contributed by atoms with Gasteiger partial charge >= 0.3 is 0 Å². The second-order valence-electron chi connectivity index (χ2n) is 5.30. The van der Waals surface area contributed by atoms with E-state index in [2.05, 4.69) is 23.4 Å². The van der Waals surface area contributed by atoms with Crippen molar-refractivity contribution in [1.82, 2.24) is 0 Å². The predicted molar refractivity (Wildman–Crippen MR) is 94.4 cm³/mol. The number of phenols is 1. The number of anilines is 1. The summed E-state index contributed by atoms with van der Waals surface area (Å²) in [5.74, 6) is 2.91. The van der Waals surface area contributed by atoms with Crippen molar-refractivity contribution in [2.75, 3.05) is 5.32 Å². The summed E-state index contributed by atoms with van der Waals surface area (Å²) in [7, 11) is 0. The first kappa shape index (κ1) is 14.7. The van der Waals surface area contributed by atoms with E-state index in [-0.39, 0.29) is 11.8 Å². The van der Waals surface area contributed by atoms with Crippen LogP contribution in [-0.4, -0.2) is 5.11 Å². The molecular formula is C21H17NO. The molecular weight excluding hydrogens is 282 g/mol. The van der Waals surface area contributed by atoms with E-state index in [1.54, 1.807) is 12.1 Å². The molecule has 0 aliphatic carbocycles. The highest BCUT2D eigenvalue weighted by Crippen LogP contribution is 2.28. The molecule has 0 aliphatic rings. The third-order valence-corrected chi connectivity index (χ3v) is 3.70. The fraction of sp³-hybridized carbons (Fsp3) is 0.0476. The van der Waals surface area contributed by atoms with Crippen LogP contribution in [-0.2, 0) is 0 Å². The average molecular weight is 299 g/mol. The lowest BCUT2D eigenvalue weighted by Crippen LogP contribution is -2.12. The van der Waals surface area contributed by atoms with E-state index >= 15 is 0 Å². The van der Waals surface area contributed by atoms with E-state index in [1.807, 2.05) is 54.6 Å². The first-order valence-corrected chi connectivity index (χ1v) is 7.43. The van der Waals surface area contributed by atoms with Gasteiger partial charge in [0.15, 0.2) is 0 Å². The molecule has 3 aromatic rings. The average Bonchev–Trinajstić information content (AvgIpc) is 2.61. The van der Waals surface area contributed by atoms with Crippen LogP contribution in [0.2, 0.25) is 0 Å². The highest BCUT2D eigenvalue weighted by atomic mass is 16.3. The van der Waals surface area contributed by atoms with E-state index in [1.165, 1.54) is 0 Å². The molecule has 2 N–H and O–H groups in total. The maximum atomic E-state index is 9.52. The minimum absolute atomic E-state index is 0.0233. The van der Waals surface area contributed by atoms with Crippen LogP contribution in [0.15, 0.2) is 78.9 Å². The molecule has 23 heavy (non-hydrogen) atoms. The molecule has 3 rings (SSSR count). The Morgan fingerprint density at radius 2 is 1.52 bits per heavy atom. The molecule has 2 heteroatoms. The van der Waals surface area contributed by atoms with E-state index < -0.39 is 0 Å². The van der Waals surface area contributed by atoms with Crippen molar-refractivity contribution in [1.29, 1.82) is 0 Å². The SMILES string of the molecule is C#Cc1cccc(NC(c2ccccc2)c2ccc(O)cc2)c1. The Morgan fingerprint density at radius 3 is 2.22 bits per heavy atom. The predicted octanol–water partition coefficient (Wildman–Crippen LogP) is 4.58. The molecule has 0 bridgehead atoms. The van der Waals surface area contributed by atoms with E-state index in [0.29, 0.717) is 0 Å². The minimum atomic E-state index is -0.0233. The van der Waals surface area contributed by atoms with Gasteiger partial charge in [-0.3, -0.25) is 0 Å². The van der Waals surface area contributed by atoms with Crippen molar-refractivity contribution in [3.8, 4) is 18.1 Å². The normalized spacial score (nSPS) is 11.4. The highest BCUT2D eigenvalue weighted by molar-refractivity contribution is 5.53. The molecule has 0 saturated heterocycles. The molecule has 0 radical (unpaired) electrons. The number of hydrogen-bond donors (Lipinski definition) is 2. The molecule has 0 spiro atoms. The Labute approximate surface area is 136 Å². The Morgan fingerprint density at radius 1 is 0.826 bits per heavy atom. The summed E-state index contributed by atoms with van der Waals surface area (Å²) in [6.07, 6.45) is 5.48. The van der Waals surface area contributed by atoms with Gasteiger partial charge in [0.1, 0.15) is 5.75 Å². The van der Waals surface area contributed by atoms with Crippen LogP contribution in [0.4, 0.5) is 5.69 Å². The second-order valence-corrected chi connectivity index (χ2v) is 5.30. The molecule has 1 unspecified atom stereocenters. The van der Waals surface area contributed by atoms with Crippen molar-refractivity contribution in [2.24, 2.45) is 0 Å². The summed E-state index contributed by atoms with van der Waals surface area (Å²) >= 11 is 0. The maximum absolute atomic E-state index is 9.52. The zero-order valence-corrected chi connectivity index (χ0v) is 12.6. The molecule has 0 aromatic heterocycles. The zero-order valence-electron chi connectivity index (χ0n) is 12.6.